The lowest BCUT2D eigenvalue weighted by Crippen LogP contribution is -2.09. The van der Waals surface area contributed by atoms with Crippen LogP contribution < -0.4 is 11.5 Å². The Morgan fingerprint density at radius 2 is 1.87 bits per heavy atom. The summed E-state index contributed by atoms with van der Waals surface area (Å²) in [5, 5.41) is 0.849. The monoisotopic (exact) mass is 459 g/mol. The number of imidazole rings is 1. The van der Waals surface area contributed by atoms with Crippen molar-refractivity contribution in [2.24, 2.45) is 10.7 Å². The number of primary amides is 1. The number of nitrogen functional groups attached to an aromatic ring is 1. The largest absolute Gasteiger partial charge is 0.369 e. The van der Waals surface area contributed by atoms with Crippen LogP contribution in [0.2, 0.25) is 0 Å². The highest BCUT2D eigenvalue weighted by atomic mass is 32.2. The molecule has 0 saturated carbocycles. The lowest BCUT2D eigenvalue weighted by Gasteiger charge is -2.10. The first-order valence-electron chi connectivity index (χ1n) is 9.08. The number of nitrogens with two attached hydrogens (primary N) is 2. The Balaban J connectivity index is 0.000000491. The van der Waals surface area contributed by atoms with Crippen LogP contribution in [0.3, 0.4) is 0 Å². The molecule has 0 fully saturated rings. The lowest BCUT2D eigenvalue weighted by atomic mass is 9.97. The minimum Gasteiger partial charge on any atom is -0.369 e. The normalized spacial score (nSPS) is 14.1. The van der Waals surface area contributed by atoms with Gasteiger partial charge in [-0.2, -0.15) is 8.42 Å². The van der Waals surface area contributed by atoms with Gasteiger partial charge in [0.15, 0.2) is 5.17 Å². The lowest BCUT2D eigenvalue weighted by molar-refractivity contribution is -0.113. The molecule has 1 aliphatic heterocycles. The van der Waals surface area contributed by atoms with E-state index in [1.807, 2.05) is 53.1 Å². The van der Waals surface area contributed by atoms with E-state index in [9.17, 15) is 13.2 Å². The Kier molecular flexibility index (Phi) is 6.78. The number of anilines is 1. The van der Waals surface area contributed by atoms with Crippen molar-refractivity contribution >= 4 is 55.5 Å². The second-order valence-electron chi connectivity index (χ2n) is 6.58. The Morgan fingerprint density at radius 3 is 2.45 bits per heavy atom. The number of hydrogen-bond acceptors (Lipinski definition) is 7. The molecule has 162 valence electrons. The predicted molar refractivity (Wildman–Crippen MR) is 124 cm³/mol. The fourth-order valence-electron chi connectivity index (χ4n) is 3.01. The SMILES string of the molecule is CS(=O)(=O)O.NC(=O)/C=C(\c1ccccc1)c1ccc2nc(N)n(C3=NCCS3)c2c1. The standard InChI is InChI=1S/C19H17N5OS.CH4O3S/c20-17(25)11-14(12-4-2-1-3-5-12)13-6-7-15-16(10-13)24(18(21)23-15)19-22-8-9-26-19;1-5(2,3)4/h1-7,10-11H,8-9H2,(H2,20,25)(H2,21,23);1H3,(H,2,3,4)/b14-11+;. The summed E-state index contributed by atoms with van der Waals surface area (Å²) in [6.45, 7) is 0.773. The first-order chi connectivity index (χ1) is 14.6. The van der Waals surface area contributed by atoms with Crippen LogP contribution in [-0.4, -0.2) is 52.1 Å². The average molecular weight is 460 g/mol. The summed E-state index contributed by atoms with van der Waals surface area (Å²) in [5.74, 6) is 0.850. The van der Waals surface area contributed by atoms with Crippen LogP contribution in [-0.2, 0) is 14.9 Å². The molecule has 9 nitrogen and oxygen atoms in total. The summed E-state index contributed by atoms with van der Waals surface area (Å²) in [5.41, 5.74) is 15.7. The third kappa shape index (κ3) is 5.94. The molecule has 0 atom stereocenters. The predicted octanol–water partition coefficient (Wildman–Crippen LogP) is 1.99. The van der Waals surface area contributed by atoms with E-state index < -0.39 is 16.0 Å². The van der Waals surface area contributed by atoms with Gasteiger partial charge in [-0.1, -0.05) is 48.2 Å². The minimum absolute atomic E-state index is 0.408. The number of benzene rings is 2. The maximum atomic E-state index is 11.6. The number of thioether (sulfide) groups is 1. The number of aromatic nitrogens is 2. The Hall–Kier alpha value is -3.15. The average Bonchev–Trinajstić information content (AvgIpc) is 3.31. The first kappa shape index (κ1) is 22.5. The fraction of sp³-hybridized carbons (Fsp3) is 0.150. The van der Waals surface area contributed by atoms with Crippen molar-refractivity contribution < 1.29 is 17.8 Å². The van der Waals surface area contributed by atoms with Crippen molar-refractivity contribution in [1.29, 1.82) is 0 Å². The van der Waals surface area contributed by atoms with Crippen LogP contribution in [0.5, 0.6) is 0 Å². The number of carbonyl (C=O) groups excluding carboxylic acids is 1. The number of nitrogens with zero attached hydrogens (tertiary/aromatic N) is 3. The Labute approximate surface area is 183 Å². The number of carbonyl (C=O) groups is 1. The molecule has 2 heterocycles. The molecule has 0 unspecified atom stereocenters. The Bertz CT molecular complexity index is 1270. The van der Waals surface area contributed by atoms with Crippen molar-refractivity contribution in [3.63, 3.8) is 0 Å². The maximum Gasteiger partial charge on any atom is 0.261 e. The third-order valence-electron chi connectivity index (χ3n) is 4.12. The van der Waals surface area contributed by atoms with Crippen LogP contribution in [0.15, 0.2) is 59.6 Å². The van der Waals surface area contributed by atoms with E-state index in [2.05, 4.69) is 9.98 Å². The number of aliphatic imine (C=N–C) groups is 1. The zero-order valence-corrected chi connectivity index (χ0v) is 18.2. The molecule has 0 radical (unpaired) electrons. The smallest absolute Gasteiger partial charge is 0.261 e. The molecule has 4 rings (SSSR count). The van der Waals surface area contributed by atoms with Gasteiger partial charge in [-0.15, -0.1) is 0 Å². The van der Waals surface area contributed by atoms with Gasteiger partial charge in [-0.25, -0.2) is 4.98 Å². The minimum atomic E-state index is -3.67. The van der Waals surface area contributed by atoms with E-state index in [0.29, 0.717) is 12.2 Å². The second kappa shape index (κ2) is 9.33. The number of amides is 1. The van der Waals surface area contributed by atoms with Gasteiger partial charge in [-0.05, 0) is 28.8 Å². The van der Waals surface area contributed by atoms with Crippen LogP contribution in [0.25, 0.3) is 16.6 Å². The summed E-state index contributed by atoms with van der Waals surface area (Å²) in [7, 11) is -3.67. The summed E-state index contributed by atoms with van der Waals surface area (Å²) in [4.78, 5) is 20.5. The van der Waals surface area contributed by atoms with Gasteiger partial charge >= 0.3 is 0 Å². The van der Waals surface area contributed by atoms with Crippen LogP contribution >= 0.6 is 11.8 Å². The van der Waals surface area contributed by atoms with E-state index >= 15 is 0 Å². The molecule has 0 bridgehead atoms. The molecule has 1 amide bonds. The van der Waals surface area contributed by atoms with Crippen molar-refractivity contribution in [1.82, 2.24) is 9.55 Å². The molecule has 5 N–H and O–H groups in total. The molecular formula is C20H21N5O4S2. The van der Waals surface area contributed by atoms with Crippen molar-refractivity contribution in [3.8, 4) is 0 Å². The van der Waals surface area contributed by atoms with E-state index in [1.54, 1.807) is 11.8 Å². The van der Waals surface area contributed by atoms with E-state index in [4.69, 9.17) is 16.0 Å². The quantitative estimate of drug-likeness (QED) is 0.400. The second-order valence-corrected chi connectivity index (χ2v) is 9.11. The van der Waals surface area contributed by atoms with Crippen molar-refractivity contribution in [2.45, 2.75) is 0 Å². The van der Waals surface area contributed by atoms with Crippen LogP contribution in [0.1, 0.15) is 11.1 Å². The summed E-state index contributed by atoms with van der Waals surface area (Å²) in [6, 6.07) is 15.5. The van der Waals surface area contributed by atoms with Gasteiger partial charge < -0.3 is 11.5 Å². The zero-order chi connectivity index (χ0) is 22.6. The molecule has 0 aliphatic carbocycles. The highest BCUT2D eigenvalue weighted by Crippen LogP contribution is 2.29. The Morgan fingerprint density at radius 1 is 1.19 bits per heavy atom. The third-order valence-corrected chi connectivity index (χ3v) is 5.08. The van der Waals surface area contributed by atoms with E-state index in [-0.39, 0.29) is 0 Å². The topological polar surface area (TPSA) is 154 Å². The van der Waals surface area contributed by atoms with Gasteiger partial charge in [0.25, 0.3) is 10.1 Å². The van der Waals surface area contributed by atoms with Gasteiger partial charge in [-0.3, -0.25) is 18.9 Å². The molecule has 1 aromatic heterocycles. The van der Waals surface area contributed by atoms with Crippen molar-refractivity contribution in [2.75, 3.05) is 24.3 Å². The molecule has 1 aliphatic rings. The first-order valence-corrected chi connectivity index (χ1v) is 11.9. The fourth-order valence-corrected chi connectivity index (χ4v) is 3.88. The molecule has 11 heteroatoms. The van der Waals surface area contributed by atoms with Crippen LogP contribution in [0, 0.1) is 0 Å². The molecule has 0 saturated heterocycles. The number of rotatable bonds is 3. The summed E-state index contributed by atoms with van der Waals surface area (Å²) in [6.07, 6.45) is 2.16. The van der Waals surface area contributed by atoms with E-state index in [0.717, 1.165) is 45.2 Å². The molecule has 2 aromatic carbocycles. The highest BCUT2D eigenvalue weighted by molar-refractivity contribution is 8.14. The number of hydrogen-bond donors (Lipinski definition) is 3. The molecule has 0 spiro atoms. The van der Waals surface area contributed by atoms with Gasteiger partial charge in [0.05, 0.1) is 23.8 Å². The molecule has 31 heavy (non-hydrogen) atoms. The summed E-state index contributed by atoms with van der Waals surface area (Å²) < 4.78 is 27.7. The highest BCUT2D eigenvalue weighted by Gasteiger charge is 2.18. The van der Waals surface area contributed by atoms with Gasteiger partial charge in [0.2, 0.25) is 11.9 Å². The maximum absolute atomic E-state index is 11.6. The van der Waals surface area contributed by atoms with Gasteiger partial charge in [0, 0.05) is 11.8 Å². The van der Waals surface area contributed by atoms with Gasteiger partial charge in [0.1, 0.15) is 0 Å². The van der Waals surface area contributed by atoms with Crippen LogP contribution in [0.4, 0.5) is 5.95 Å². The molecule has 3 aromatic rings. The molecular weight excluding hydrogens is 438 g/mol. The summed E-state index contributed by atoms with van der Waals surface area (Å²) >= 11 is 1.65. The zero-order valence-electron chi connectivity index (χ0n) is 16.6. The number of fused-ring (bicyclic) bond motifs is 1. The van der Waals surface area contributed by atoms with Crippen molar-refractivity contribution in [3.05, 3.63) is 65.7 Å². The van der Waals surface area contributed by atoms with E-state index in [1.165, 1.54) is 6.08 Å².